The van der Waals surface area contributed by atoms with E-state index in [4.69, 9.17) is 9.84 Å². The number of ether oxygens (including phenoxy) is 1. The molecule has 92 valence electrons. The van der Waals surface area contributed by atoms with Crippen molar-refractivity contribution in [3.63, 3.8) is 0 Å². The van der Waals surface area contributed by atoms with Crippen molar-refractivity contribution in [2.75, 3.05) is 19.7 Å². The van der Waals surface area contributed by atoms with Crippen molar-refractivity contribution in [2.24, 2.45) is 5.92 Å². The van der Waals surface area contributed by atoms with Gasteiger partial charge in [0.1, 0.15) is 6.61 Å². The Morgan fingerprint density at radius 2 is 2.25 bits per heavy atom. The Balaban J connectivity index is 2.31. The highest BCUT2D eigenvalue weighted by Crippen LogP contribution is 2.16. The molecule has 1 heterocycles. The molecule has 0 aromatic carbocycles. The topological polar surface area (TPSA) is 66.8 Å². The van der Waals surface area contributed by atoms with Crippen LogP contribution in [0, 0.1) is 5.92 Å². The summed E-state index contributed by atoms with van der Waals surface area (Å²) in [5.41, 5.74) is 0. The predicted octanol–water partition coefficient (Wildman–Crippen LogP) is 0.735. The van der Waals surface area contributed by atoms with E-state index in [1.165, 1.54) is 0 Å². The molecule has 2 unspecified atom stereocenters. The van der Waals surface area contributed by atoms with Gasteiger partial charge in [-0.3, -0.25) is 9.59 Å². The van der Waals surface area contributed by atoms with Gasteiger partial charge < -0.3 is 14.7 Å². The average Bonchev–Trinajstić information content (AvgIpc) is 2.74. The lowest BCUT2D eigenvalue weighted by Gasteiger charge is -2.17. The van der Waals surface area contributed by atoms with Crippen LogP contribution < -0.4 is 0 Å². The van der Waals surface area contributed by atoms with Crippen LogP contribution in [0.1, 0.15) is 26.7 Å². The lowest BCUT2D eigenvalue weighted by atomic mass is 10.1. The number of nitrogens with zero attached hydrogens (tertiary/aromatic N) is 1. The van der Waals surface area contributed by atoms with Gasteiger partial charge in [0.15, 0.2) is 0 Å². The SMILES string of the molecule is CCC(C)OCC(=O)N1CCC(C(=O)O)C1. The molecule has 1 fully saturated rings. The summed E-state index contributed by atoms with van der Waals surface area (Å²) in [5.74, 6) is -1.34. The molecule has 0 aliphatic carbocycles. The van der Waals surface area contributed by atoms with E-state index in [2.05, 4.69) is 0 Å². The van der Waals surface area contributed by atoms with Gasteiger partial charge in [-0.25, -0.2) is 0 Å². The predicted molar refractivity (Wildman–Crippen MR) is 58.0 cm³/mol. The smallest absolute Gasteiger partial charge is 0.308 e. The Morgan fingerprint density at radius 1 is 1.56 bits per heavy atom. The standard InChI is InChI=1S/C11H19NO4/c1-3-8(2)16-7-10(13)12-5-4-9(6-12)11(14)15/h8-9H,3-7H2,1-2H3,(H,14,15). The fourth-order valence-corrected chi connectivity index (χ4v) is 1.61. The first-order valence-corrected chi connectivity index (χ1v) is 5.66. The first-order valence-electron chi connectivity index (χ1n) is 5.66. The highest BCUT2D eigenvalue weighted by Gasteiger charge is 2.30. The third kappa shape index (κ3) is 3.48. The number of rotatable bonds is 5. The largest absolute Gasteiger partial charge is 0.481 e. The van der Waals surface area contributed by atoms with Gasteiger partial charge in [-0.1, -0.05) is 6.92 Å². The maximum absolute atomic E-state index is 11.6. The van der Waals surface area contributed by atoms with Crippen molar-refractivity contribution in [2.45, 2.75) is 32.8 Å². The van der Waals surface area contributed by atoms with Gasteiger partial charge >= 0.3 is 5.97 Å². The third-order valence-corrected chi connectivity index (χ3v) is 2.96. The van der Waals surface area contributed by atoms with E-state index in [0.29, 0.717) is 19.5 Å². The normalized spacial score (nSPS) is 22.1. The number of aliphatic carboxylic acids is 1. The fraction of sp³-hybridized carbons (Fsp3) is 0.818. The van der Waals surface area contributed by atoms with Gasteiger partial charge in [0.05, 0.1) is 12.0 Å². The molecule has 0 radical (unpaired) electrons. The van der Waals surface area contributed by atoms with Crippen LogP contribution in [-0.4, -0.2) is 47.7 Å². The lowest BCUT2D eigenvalue weighted by molar-refractivity contribution is -0.142. The van der Waals surface area contributed by atoms with Gasteiger partial charge in [-0.05, 0) is 19.8 Å². The molecule has 0 saturated carbocycles. The number of carboxylic acid groups (broad SMARTS) is 1. The summed E-state index contributed by atoms with van der Waals surface area (Å²) in [6.07, 6.45) is 1.48. The summed E-state index contributed by atoms with van der Waals surface area (Å²) < 4.78 is 5.32. The molecule has 2 atom stereocenters. The number of carbonyl (C=O) groups excluding carboxylic acids is 1. The average molecular weight is 229 g/mol. The molecular weight excluding hydrogens is 210 g/mol. The zero-order valence-corrected chi connectivity index (χ0v) is 9.81. The minimum atomic E-state index is -0.821. The quantitative estimate of drug-likeness (QED) is 0.755. The van der Waals surface area contributed by atoms with E-state index < -0.39 is 11.9 Å². The molecule has 1 aliphatic heterocycles. The Bertz CT molecular complexity index is 267. The minimum absolute atomic E-state index is 0.0569. The van der Waals surface area contributed by atoms with Crippen LogP contribution in [0.4, 0.5) is 0 Å². The minimum Gasteiger partial charge on any atom is -0.481 e. The number of carbonyl (C=O) groups is 2. The molecule has 0 spiro atoms. The van der Waals surface area contributed by atoms with Crippen LogP contribution in [0.15, 0.2) is 0 Å². The maximum Gasteiger partial charge on any atom is 0.308 e. The third-order valence-electron chi connectivity index (χ3n) is 2.96. The summed E-state index contributed by atoms with van der Waals surface area (Å²) in [6.45, 7) is 4.81. The molecule has 0 aromatic rings. The Morgan fingerprint density at radius 3 is 2.75 bits per heavy atom. The zero-order chi connectivity index (χ0) is 12.1. The van der Waals surface area contributed by atoms with E-state index >= 15 is 0 Å². The summed E-state index contributed by atoms with van der Waals surface area (Å²) >= 11 is 0. The first kappa shape index (κ1) is 13.0. The highest BCUT2D eigenvalue weighted by atomic mass is 16.5. The second-order valence-corrected chi connectivity index (χ2v) is 4.19. The molecule has 1 N–H and O–H groups in total. The van der Waals surface area contributed by atoms with Crippen LogP contribution in [-0.2, 0) is 14.3 Å². The van der Waals surface area contributed by atoms with Crippen LogP contribution in [0.25, 0.3) is 0 Å². The van der Waals surface area contributed by atoms with Crippen molar-refractivity contribution < 1.29 is 19.4 Å². The lowest BCUT2D eigenvalue weighted by Crippen LogP contribution is -2.33. The van der Waals surface area contributed by atoms with Gasteiger partial charge in [-0.15, -0.1) is 0 Å². The summed E-state index contributed by atoms with van der Waals surface area (Å²) in [6, 6.07) is 0. The van der Waals surface area contributed by atoms with Crippen molar-refractivity contribution in [3.05, 3.63) is 0 Å². The molecular formula is C11H19NO4. The van der Waals surface area contributed by atoms with E-state index in [1.54, 1.807) is 4.90 Å². The molecule has 5 nitrogen and oxygen atoms in total. The summed E-state index contributed by atoms with van der Waals surface area (Å²) in [7, 11) is 0. The van der Waals surface area contributed by atoms with E-state index in [0.717, 1.165) is 6.42 Å². The molecule has 0 bridgehead atoms. The molecule has 1 amide bonds. The number of hydrogen-bond acceptors (Lipinski definition) is 3. The van der Waals surface area contributed by atoms with Crippen LogP contribution >= 0.6 is 0 Å². The number of likely N-dealkylation sites (tertiary alicyclic amines) is 1. The van der Waals surface area contributed by atoms with E-state index in [9.17, 15) is 9.59 Å². The second kappa shape index (κ2) is 5.84. The Hall–Kier alpha value is -1.10. The fourth-order valence-electron chi connectivity index (χ4n) is 1.61. The van der Waals surface area contributed by atoms with E-state index in [1.807, 2.05) is 13.8 Å². The first-order chi connectivity index (χ1) is 7.54. The molecule has 0 aromatic heterocycles. The molecule has 16 heavy (non-hydrogen) atoms. The maximum atomic E-state index is 11.6. The van der Waals surface area contributed by atoms with Crippen LogP contribution in [0.3, 0.4) is 0 Å². The summed E-state index contributed by atoms with van der Waals surface area (Å²) in [4.78, 5) is 23.9. The number of carboxylic acids is 1. The highest BCUT2D eigenvalue weighted by molar-refractivity contribution is 5.79. The molecule has 1 saturated heterocycles. The van der Waals surface area contributed by atoms with Crippen LogP contribution in [0.5, 0.6) is 0 Å². The van der Waals surface area contributed by atoms with Crippen LogP contribution in [0.2, 0.25) is 0 Å². The Labute approximate surface area is 95.4 Å². The molecule has 1 aliphatic rings. The monoisotopic (exact) mass is 229 g/mol. The van der Waals surface area contributed by atoms with Crippen molar-refractivity contribution in [1.82, 2.24) is 4.90 Å². The van der Waals surface area contributed by atoms with Gasteiger partial charge in [-0.2, -0.15) is 0 Å². The van der Waals surface area contributed by atoms with Crippen molar-refractivity contribution >= 4 is 11.9 Å². The van der Waals surface area contributed by atoms with E-state index in [-0.39, 0.29) is 18.6 Å². The van der Waals surface area contributed by atoms with Crippen molar-refractivity contribution in [1.29, 1.82) is 0 Å². The van der Waals surface area contributed by atoms with Gasteiger partial charge in [0, 0.05) is 13.1 Å². The molecule has 1 rings (SSSR count). The Kier molecular flexibility index (Phi) is 4.73. The number of amides is 1. The molecule has 5 heteroatoms. The second-order valence-electron chi connectivity index (χ2n) is 4.19. The van der Waals surface area contributed by atoms with Gasteiger partial charge in [0.2, 0.25) is 5.91 Å². The summed E-state index contributed by atoms with van der Waals surface area (Å²) in [5, 5.41) is 8.80. The number of hydrogen-bond donors (Lipinski definition) is 1. The van der Waals surface area contributed by atoms with Gasteiger partial charge in [0.25, 0.3) is 0 Å². The van der Waals surface area contributed by atoms with Crippen molar-refractivity contribution in [3.8, 4) is 0 Å². The zero-order valence-electron chi connectivity index (χ0n) is 9.81.